The van der Waals surface area contributed by atoms with Crippen molar-refractivity contribution < 1.29 is 9.59 Å². The third kappa shape index (κ3) is 7.10. The van der Waals surface area contributed by atoms with Crippen LogP contribution in [0.5, 0.6) is 0 Å². The Labute approximate surface area is 159 Å². The molecule has 0 aliphatic heterocycles. The lowest BCUT2D eigenvalue weighted by atomic mass is 9.96. The van der Waals surface area contributed by atoms with E-state index in [4.69, 9.17) is 0 Å². The Balaban J connectivity index is 1.71. The van der Waals surface area contributed by atoms with Gasteiger partial charge in [0.05, 0.1) is 23.7 Å². The monoisotopic (exact) mass is 382 g/mol. The average Bonchev–Trinajstić information content (AvgIpc) is 2.69. The van der Waals surface area contributed by atoms with Crippen molar-refractivity contribution in [2.75, 3.05) is 13.1 Å². The number of amides is 4. The van der Waals surface area contributed by atoms with Gasteiger partial charge in [0.15, 0.2) is 0 Å². The number of urea groups is 2. The number of nitrogens with zero attached hydrogens (tertiary/aromatic N) is 4. The Morgan fingerprint density at radius 3 is 1.41 bits per heavy atom. The van der Waals surface area contributed by atoms with Crippen LogP contribution in [0, 0.1) is 9.81 Å². The summed E-state index contributed by atoms with van der Waals surface area (Å²) in [6.07, 6.45) is 10.4. The molecule has 0 bridgehead atoms. The molecule has 0 radical (unpaired) electrons. The minimum Gasteiger partial charge on any atom is -0.334 e. The number of carbonyl (C=O) groups excluding carboxylic acids is 2. The molecule has 2 aliphatic rings. The molecule has 0 heterocycles. The molecular formula is C17H30N6O4. The van der Waals surface area contributed by atoms with E-state index < -0.39 is 12.1 Å². The molecule has 0 saturated heterocycles. The van der Waals surface area contributed by atoms with Gasteiger partial charge in [0.25, 0.3) is 0 Å². The Bertz CT molecular complexity index is 462. The van der Waals surface area contributed by atoms with Crippen molar-refractivity contribution in [3.8, 4) is 0 Å². The van der Waals surface area contributed by atoms with E-state index in [9.17, 15) is 19.4 Å². The Kier molecular flexibility index (Phi) is 8.93. The predicted molar refractivity (Wildman–Crippen MR) is 100 cm³/mol. The fourth-order valence-corrected chi connectivity index (χ4v) is 3.72. The van der Waals surface area contributed by atoms with Gasteiger partial charge in [0.2, 0.25) is 0 Å². The summed E-state index contributed by atoms with van der Waals surface area (Å²) in [4.78, 5) is 46.2. The largest absolute Gasteiger partial charge is 0.340 e. The summed E-state index contributed by atoms with van der Waals surface area (Å²) in [5, 5.41) is 12.7. The van der Waals surface area contributed by atoms with E-state index >= 15 is 0 Å². The molecule has 0 aromatic carbocycles. The van der Waals surface area contributed by atoms with Crippen molar-refractivity contribution in [2.45, 2.75) is 82.7 Å². The highest BCUT2D eigenvalue weighted by atomic mass is 16.3. The first kappa shape index (κ1) is 21.0. The molecule has 0 spiro atoms. The van der Waals surface area contributed by atoms with Crippen molar-refractivity contribution >= 4 is 12.1 Å². The summed E-state index contributed by atoms with van der Waals surface area (Å²) in [5.41, 5.74) is 0. The van der Waals surface area contributed by atoms with Crippen LogP contribution < -0.4 is 10.6 Å². The highest BCUT2D eigenvalue weighted by Crippen LogP contribution is 2.18. The van der Waals surface area contributed by atoms with Crippen LogP contribution >= 0.6 is 0 Å². The van der Waals surface area contributed by atoms with Crippen LogP contribution in [0.15, 0.2) is 10.6 Å². The van der Waals surface area contributed by atoms with Crippen LogP contribution in [-0.2, 0) is 0 Å². The minimum atomic E-state index is -0.533. The third-order valence-electron chi connectivity index (χ3n) is 5.27. The fraction of sp³-hybridized carbons (Fsp3) is 0.882. The van der Waals surface area contributed by atoms with Crippen molar-refractivity contribution in [3.63, 3.8) is 0 Å². The van der Waals surface area contributed by atoms with E-state index in [2.05, 4.69) is 21.2 Å². The van der Waals surface area contributed by atoms with E-state index in [0.29, 0.717) is 0 Å². The van der Waals surface area contributed by atoms with Crippen LogP contribution in [0.1, 0.15) is 70.6 Å². The molecule has 0 aromatic rings. The lowest BCUT2D eigenvalue weighted by Gasteiger charge is -2.25. The van der Waals surface area contributed by atoms with E-state index in [0.717, 1.165) is 61.4 Å². The third-order valence-corrected chi connectivity index (χ3v) is 5.27. The Hall–Kier alpha value is -2.26. The van der Waals surface area contributed by atoms with Gasteiger partial charge in [-0.05, 0) is 32.1 Å². The SMILES string of the molecule is O=NN(CCCN(N=O)C(=O)NC1CCCCC1)C(=O)NC1CCCCC1. The molecule has 2 N–H and O–H groups in total. The summed E-state index contributed by atoms with van der Waals surface area (Å²) in [6, 6.07) is -0.918. The molecule has 4 amide bonds. The standard InChI is InChI=1S/C17H30N6O4/c24-16(18-14-8-3-1-4-9-14)22(20-26)12-7-13-23(21-27)17(25)19-15-10-5-2-6-11-15/h14-15H,1-13H2,(H,18,24)(H,19,25). The van der Waals surface area contributed by atoms with E-state index in [-0.39, 0.29) is 31.6 Å². The fourth-order valence-electron chi connectivity index (χ4n) is 3.72. The van der Waals surface area contributed by atoms with Gasteiger partial charge in [0.1, 0.15) is 0 Å². The van der Waals surface area contributed by atoms with Crippen molar-refractivity contribution in [3.05, 3.63) is 9.81 Å². The molecule has 2 aliphatic carbocycles. The molecule has 10 heteroatoms. The minimum absolute atomic E-state index is 0.0186. The van der Waals surface area contributed by atoms with Crippen molar-refractivity contribution in [1.82, 2.24) is 20.7 Å². The Morgan fingerprint density at radius 1 is 0.704 bits per heavy atom. The molecule has 27 heavy (non-hydrogen) atoms. The van der Waals surface area contributed by atoms with Gasteiger partial charge in [-0.25, -0.2) is 9.59 Å². The maximum absolute atomic E-state index is 12.1. The quantitative estimate of drug-likeness (QED) is 0.493. The summed E-state index contributed by atoms with van der Waals surface area (Å²) < 4.78 is 0. The zero-order valence-corrected chi connectivity index (χ0v) is 15.8. The molecule has 2 fully saturated rings. The normalized spacial score (nSPS) is 18.4. The Morgan fingerprint density at radius 2 is 1.07 bits per heavy atom. The summed E-state index contributed by atoms with van der Waals surface area (Å²) in [5.74, 6) is 0. The van der Waals surface area contributed by atoms with Crippen LogP contribution in [0.2, 0.25) is 0 Å². The predicted octanol–water partition coefficient (Wildman–Crippen LogP) is 3.43. The van der Waals surface area contributed by atoms with Gasteiger partial charge < -0.3 is 10.6 Å². The summed E-state index contributed by atoms with van der Waals surface area (Å²) >= 11 is 0. The molecule has 152 valence electrons. The molecule has 0 atom stereocenters. The number of nitrogens with one attached hydrogen (secondary N) is 2. The maximum Gasteiger partial charge on any atom is 0.340 e. The molecular weight excluding hydrogens is 352 g/mol. The second kappa shape index (κ2) is 11.5. The second-order valence-electron chi connectivity index (χ2n) is 7.33. The lowest BCUT2D eigenvalue weighted by Crippen LogP contribution is -2.45. The zero-order chi connectivity index (χ0) is 19.5. The van der Waals surface area contributed by atoms with Crippen LogP contribution in [0.3, 0.4) is 0 Å². The first-order chi connectivity index (χ1) is 13.1. The smallest absolute Gasteiger partial charge is 0.334 e. The van der Waals surface area contributed by atoms with Gasteiger partial charge in [-0.3, -0.25) is 0 Å². The zero-order valence-electron chi connectivity index (χ0n) is 15.8. The maximum atomic E-state index is 12.1. The van der Waals surface area contributed by atoms with E-state index in [1.807, 2.05) is 0 Å². The van der Waals surface area contributed by atoms with Gasteiger partial charge >= 0.3 is 12.1 Å². The molecule has 0 unspecified atom stereocenters. The van der Waals surface area contributed by atoms with Crippen molar-refractivity contribution in [1.29, 1.82) is 0 Å². The number of rotatable bonds is 8. The van der Waals surface area contributed by atoms with Gasteiger partial charge in [-0.1, -0.05) is 38.5 Å². The first-order valence-electron chi connectivity index (χ1n) is 9.96. The van der Waals surface area contributed by atoms with Gasteiger partial charge in [-0.2, -0.15) is 10.0 Å². The topological polar surface area (TPSA) is 124 Å². The van der Waals surface area contributed by atoms with Crippen molar-refractivity contribution in [2.24, 2.45) is 10.6 Å². The molecule has 2 saturated carbocycles. The first-order valence-corrected chi connectivity index (χ1v) is 9.96. The second-order valence-corrected chi connectivity index (χ2v) is 7.33. The molecule has 10 nitrogen and oxygen atoms in total. The summed E-state index contributed by atoms with van der Waals surface area (Å²) in [6.45, 7) is 0.0373. The summed E-state index contributed by atoms with van der Waals surface area (Å²) in [7, 11) is 0. The average molecular weight is 382 g/mol. The highest BCUT2D eigenvalue weighted by molar-refractivity contribution is 5.74. The van der Waals surface area contributed by atoms with E-state index in [1.54, 1.807) is 0 Å². The van der Waals surface area contributed by atoms with Crippen LogP contribution in [-0.4, -0.2) is 47.3 Å². The lowest BCUT2D eigenvalue weighted by molar-refractivity contribution is 0.179. The van der Waals surface area contributed by atoms with Gasteiger partial charge in [-0.15, -0.1) is 9.81 Å². The molecule has 0 aromatic heterocycles. The highest BCUT2D eigenvalue weighted by Gasteiger charge is 2.23. The number of carbonyl (C=O) groups is 2. The number of hydrogen-bond donors (Lipinski definition) is 2. The number of nitroso groups, excluding NO2 is 2. The van der Waals surface area contributed by atoms with Crippen LogP contribution in [0.4, 0.5) is 9.59 Å². The molecule has 2 rings (SSSR count). The number of hydrogen-bond acceptors (Lipinski definition) is 6. The van der Waals surface area contributed by atoms with E-state index in [1.165, 1.54) is 12.8 Å². The van der Waals surface area contributed by atoms with Crippen LogP contribution in [0.25, 0.3) is 0 Å². The van der Waals surface area contributed by atoms with Gasteiger partial charge in [0, 0.05) is 12.1 Å².